The molecule has 0 bridgehead atoms. The van der Waals surface area contributed by atoms with Crippen LogP contribution >= 0.6 is 23.1 Å². The van der Waals surface area contributed by atoms with Gasteiger partial charge in [-0.2, -0.15) is 0 Å². The molecule has 1 rings (SSSR count). The molecule has 2 nitrogen and oxygen atoms in total. The summed E-state index contributed by atoms with van der Waals surface area (Å²) in [6.45, 7) is 3.04. The Morgan fingerprint density at radius 3 is 2.22 bits per heavy atom. The van der Waals surface area contributed by atoms with Gasteiger partial charge >= 0.3 is 19.5 Å². The van der Waals surface area contributed by atoms with Crippen LogP contribution in [0.1, 0.15) is 45.4 Å². The van der Waals surface area contributed by atoms with Gasteiger partial charge in [-0.05, 0) is 18.0 Å². The number of aryl methyl sites for hydroxylation is 1. The quantitative estimate of drug-likeness (QED) is 0.391. The Balaban J connectivity index is -0.000000750. The van der Waals surface area contributed by atoms with Gasteiger partial charge in [0.15, 0.2) is 0 Å². The fourth-order valence-corrected chi connectivity index (χ4v) is 2.61. The molecule has 0 atom stereocenters. The van der Waals surface area contributed by atoms with Gasteiger partial charge in [-0.15, -0.1) is 0 Å². The maximum absolute atomic E-state index is 11.3. The number of hydrogen-bond donors (Lipinski definition) is 0. The van der Waals surface area contributed by atoms with Crippen LogP contribution in [0.3, 0.4) is 0 Å². The van der Waals surface area contributed by atoms with Gasteiger partial charge in [-0.1, -0.05) is 50.6 Å². The van der Waals surface area contributed by atoms with Gasteiger partial charge in [-0.3, -0.25) is 8.75 Å². The minimum Gasteiger partial charge on any atom is -1.00 e. The van der Waals surface area contributed by atoms with E-state index in [1.165, 1.54) is 49.7 Å². The van der Waals surface area contributed by atoms with Crippen molar-refractivity contribution in [1.29, 1.82) is 0 Å². The third-order valence-corrected chi connectivity index (χ3v) is 3.59. The molecule has 1 heterocycles. The summed E-state index contributed by atoms with van der Waals surface area (Å²) in [6, 6.07) is 1.49. The van der Waals surface area contributed by atoms with E-state index in [1.807, 2.05) is 0 Å². The van der Waals surface area contributed by atoms with E-state index in [9.17, 15) is 4.79 Å². The first kappa shape index (κ1) is 24.0. The SMILES string of the molecule is CCCCCCCCn1sc(Cl)cc1=O.[Cl-].[Cl-].[Zn+2]. The molecule has 0 unspecified atom stereocenters. The van der Waals surface area contributed by atoms with Crippen molar-refractivity contribution in [3.63, 3.8) is 0 Å². The van der Waals surface area contributed by atoms with Crippen LogP contribution in [0.25, 0.3) is 0 Å². The molecule has 102 valence electrons. The predicted octanol–water partition coefficient (Wildman–Crippen LogP) is -2.07. The van der Waals surface area contributed by atoms with Gasteiger partial charge in [0.2, 0.25) is 0 Å². The van der Waals surface area contributed by atoms with Crippen LogP contribution in [0.4, 0.5) is 0 Å². The van der Waals surface area contributed by atoms with E-state index < -0.39 is 0 Å². The second-order valence-corrected chi connectivity index (χ2v) is 5.44. The number of aromatic nitrogens is 1. The van der Waals surface area contributed by atoms with Gasteiger partial charge in [0.05, 0.1) is 0 Å². The predicted molar refractivity (Wildman–Crippen MR) is 67.0 cm³/mol. The minimum atomic E-state index is 0. The van der Waals surface area contributed by atoms with Crippen LogP contribution in [0.5, 0.6) is 0 Å². The molecule has 0 saturated carbocycles. The first-order valence-electron chi connectivity index (χ1n) is 5.60. The number of rotatable bonds is 7. The Hall–Kier alpha value is 0.923. The van der Waals surface area contributed by atoms with Crippen molar-refractivity contribution < 1.29 is 44.3 Å². The van der Waals surface area contributed by atoms with Crippen molar-refractivity contribution in [2.45, 2.75) is 52.0 Å². The summed E-state index contributed by atoms with van der Waals surface area (Å²) in [5.41, 5.74) is 0.0403. The fraction of sp³-hybridized carbons (Fsp3) is 0.727. The van der Waals surface area contributed by atoms with Crippen molar-refractivity contribution >= 4 is 23.1 Å². The Morgan fingerprint density at radius 2 is 1.72 bits per heavy atom. The molecule has 0 amide bonds. The molecule has 0 saturated heterocycles. The molecule has 0 radical (unpaired) electrons. The zero-order valence-corrected chi connectivity index (χ0v) is 16.7. The van der Waals surface area contributed by atoms with Crippen molar-refractivity contribution in [1.82, 2.24) is 3.96 Å². The van der Waals surface area contributed by atoms with E-state index >= 15 is 0 Å². The molecule has 0 aliphatic heterocycles. The molecular weight excluding hydrogens is 366 g/mol. The van der Waals surface area contributed by atoms with E-state index in [1.54, 1.807) is 3.96 Å². The van der Waals surface area contributed by atoms with Gasteiger partial charge in [0, 0.05) is 12.6 Å². The number of unbranched alkanes of at least 4 members (excludes halogenated alkanes) is 5. The maximum Gasteiger partial charge on any atom is 2.00 e. The first-order chi connectivity index (χ1) is 7.24. The van der Waals surface area contributed by atoms with E-state index in [4.69, 9.17) is 11.6 Å². The van der Waals surface area contributed by atoms with Crippen molar-refractivity contribution in [2.75, 3.05) is 0 Å². The molecular formula is C11H18Cl3NOSZn. The molecule has 1 aromatic rings. The molecule has 0 aliphatic carbocycles. The molecule has 0 aliphatic rings. The molecule has 18 heavy (non-hydrogen) atoms. The smallest absolute Gasteiger partial charge is 1.00 e. The summed E-state index contributed by atoms with van der Waals surface area (Å²) in [4.78, 5) is 11.3. The van der Waals surface area contributed by atoms with Gasteiger partial charge in [0.1, 0.15) is 4.34 Å². The molecule has 7 heteroatoms. The van der Waals surface area contributed by atoms with E-state index in [0.717, 1.165) is 13.0 Å². The van der Waals surface area contributed by atoms with Crippen LogP contribution in [0.15, 0.2) is 10.9 Å². The van der Waals surface area contributed by atoms with E-state index in [2.05, 4.69) is 6.92 Å². The fourth-order valence-electron chi connectivity index (χ4n) is 1.54. The van der Waals surface area contributed by atoms with Crippen LogP contribution in [-0.4, -0.2) is 3.96 Å². The maximum atomic E-state index is 11.3. The Kier molecular flexibility index (Phi) is 19.1. The molecule has 0 fully saturated rings. The van der Waals surface area contributed by atoms with Crippen LogP contribution < -0.4 is 30.4 Å². The van der Waals surface area contributed by atoms with Crippen molar-refractivity contribution in [2.24, 2.45) is 0 Å². The molecule has 0 aromatic carbocycles. The summed E-state index contributed by atoms with van der Waals surface area (Å²) in [5.74, 6) is 0. The van der Waals surface area contributed by atoms with Crippen molar-refractivity contribution in [3.05, 3.63) is 20.8 Å². The third kappa shape index (κ3) is 9.80. The van der Waals surface area contributed by atoms with E-state index in [0.29, 0.717) is 4.34 Å². The number of nitrogens with zero attached hydrogens (tertiary/aromatic N) is 1. The standard InChI is InChI=1S/C11H18ClNOS.2ClH.Zn/c1-2-3-4-5-6-7-8-13-11(14)9-10(12)15-13;;;/h9H,2-8H2,1H3;2*1H;/q;;;+2/p-2. The number of halogens is 3. The summed E-state index contributed by atoms with van der Waals surface area (Å²) >= 11 is 7.10. The topological polar surface area (TPSA) is 22.0 Å². The normalized spacial score (nSPS) is 9.00. The van der Waals surface area contributed by atoms with Crippen LogP contribution in [-0.2, 0) is 26.0 Å². The van der Waals surface area contributed by atoms with Crippen molar-refractivity contribution in [3.8, 4) is 0 Å². The van der Waals surface area contributed by atoms with Crippen LogP contribution in [0, 0.1) is 0 Å². The van der Waals surface area contributed by atoms with Crippen LogP contribution in [0.2, 0.25) is 4.34 Å². The monoisotopic (exact) mass is 381 g/mol. The summed E-state index contributed by atoms with van der Waals surface area (Å²) in [7, 11) is 0. The minimum absolute atomic E-state index is 0. The molecule has 0 spiro atoms. The summed E-state index contributed by atoms with van der Waals surface area (Å²) < 4.78 is 2.33. The Labute approximate surface area is 143 Å². The Morgan fingerprint density at radius 1 is 1.17 bits per heavy atom. The summed E-state index contributed by atoms with van der Waals surface area (Å²) in [5, 5.41) is 0. The second kappa shape index (κ2) is 14.3. The van der Waals surface area contributed by atoms with Gasteiger partial charge in [-0.25, -0.2) is 0 Å². The third-order valence-electron chi connectivity index (χ3n) is 2.39. The largest absolute Gasteiger partial charge is 2.00 e. The van der Waals surface area contributed by atoms with E-state index in [-0.39, 0.29) is 49.9 Å². The molecule has 0 N–H and O–H groups in total. The molecule has 1 aromatic heterocycles. The van der Waals surface area contributed by atoms with Gasteiger partial charge in [0.25, 0.3) is 5.56 Å². The Bertz CT molecular complexity index is 343. The summed E-state index contributed by atoms with van der Waals surface area (Å²) in [6.07, 6.45) is 7.49. The van der Waals surface area contributed by atoms with Gasteiger partial charge < -0.3 is 24.8 Å². The first-order valence-corrected chi connectivity index (χ1v) is 6.76. The zero-order chi connectivity index (χ0) is 11.1. The average Bonchev–Trinajstić information content (AvgIpc) is 2.51. The zero-order valence-electron chi connectivity index (χ0n) is 10.6. The second-order valence-electron chi connectivity index (χ2n) is 3.75. The number of hydrogen-bond acceptors (Lipinski definition) is 2. The average molecular weight is 384 g/mol.